The number of methoxy groups -OCH3 is 1. The first-order valence-electron chi connectivity index (χ1n) is 6.27. The fourth-order valence-corrected chi connectivity index (χ4v) is 2.33. The van der Waals surface area contributed by atoms with E-state index in [9.17, 15) is 4.79 Å². The van der Waals surface area contributed by atoms with Gasteiger partial charge < -0.3 is 15.0 Å². The number of aromatic nitrogens is 1. The van der Waals surface area contributed by atoms with Gasteiger partial charge in [-0.1, -0.05) is 24.4 Å². The lowest BCUT2D eigenvalue weighted by atomic mass is 10.1. The molecule has 0 aliphatic carbocycles. The Labute approximate surface area is 122 Å². The Bertz CT molecular complexity index is 707. The van der Waals surface area contributed by atoms with Crippen molar-refractivity contribution in [2.45, 2.75) is 13.5 Å². The number of thiocarbonyl (C=S) groups is 1. The van der Waals surface area contributed by atoms with Gasteiger partial charge in [0.15, 0.2) is 0 Å². The quantitative estimate of drug-likeness (QED) is 0.876. The number of pyridine rings is 1. The monoisotopic (exact) mass is 288 g/mol. The summed E-state index contributed by atoms with van der Waals surface area (Å²) in [5, 5.41) is 0. The molecule has 0 bridgehead atoms. The minimum Gasteiger partial charge on any atom is -0.496 e. The summed E-state index contributed by atoms with van der Waals surface area (Å²) in [6, 6.07) is 11.1. The van der Waals surface area contributed by atoms with Gasteiger partial charge in [0, 0.05) is 12.1 Å². The predicted molar refractivity (Wildman–Crippen MR) is 84.3 cm³/mol. The number of hydrogen-bond donors (Lipinski definition) is 1. The molecule has 0 spiro atoms. The van der Waals surface area contributed by atoms with Gasteiger partial charge in [-0.3, -0.25) is 4.79 Å². The van der Waals surface area contributed by atoms with E-state index in [4.69, 9.17) is 22.7 Å². The number of para-hydroxylation sites is 1. The van der Waals surface area contributed by atoms with E-state index >= 15 is 0 Å². The highest BCUT2D eigenvalue weighted by Crippen LogP contribution is 2.28. The molecule has 2 rings (SSSR count). The van der Waals surface area contributed by atoms with E-state index in [0.29, 0.717) is 12.1 Å². The number of benzene rings is 1. The maximum Gasteiger partial charge on any atom is 0.261 e. The maximum atomic E-state index is 12.4. The molecule has 0 aliphatic heterocycles. The lowest BCUT2D eigenvalue weighted by Crippen LogP contribution is -2.29. The van der Waals surface area contributed by atoms with Crippen molar-refractivity contribution in [2.75, 3.05) is 7.11 Å². The summed E-state index contributed by atoms with van der Waals surface area (Å²) in [6.45, 7) is 2.44. The molecule has 1 aromatic heterocycles. The summed E-state index contributed by atoms with van der Waals surface area (Å²) in [7, 11) is 1.61. The zero-order valence-corrected chi connectivity index (χ0v) is 12.2. The van der Waals surface area contributed by atoms with Crippen molar-refractivity contribution in [3.05, 3.63) is 52.3 Å². The van der Waals surface area contributed by atoms with Crippen molar-refractivity contribution in [3.8, 4) is 17.0 Å². The highest BCUT2D eigenvalue weighted by atomic mass is 32.1. The summed E-state index contributed by atoms with van der Waals surface area (Å²) in [5.41, 5.74) is 7.41. The van der Waals surface area contributed by atoms with Crippen LogP contribution in [0.2, 0.25) is 0 Å². The first-order chi connectivity index (χ1) is 9.60. The average molecular weight is 288 g/mol. The number of ether oxygens (including phenoxy) is 1. The predicted octanol–water partition coefficient (Wildman–Crippen LogP) is 2.18. The second-order valence-corrected chi connectivity index (χ2v) is 4.69. The number of nitrogens with zero attached hydrogens (tertiary/aromatic N) is 1. The van der Waals surface area contributed by atoms with E-state index in [1.807, 2.05) is 37.3 Å². The van der Waals surface area contributed by atoms with Crippen molar-refractivity contribution >= 4 is 17.2 Å². The molecule has 5 heteroatoms. The van der Waals surface area contributed by atoms with Crippen LogP contribution in [-0.2, 0) is 6.54 Å². The Hall–Kier alpha value is -2.14. The molecule has 2 aromatic rings. The van der Waals surface area contributed by atoms with E-state index in [-0.39, 0.29) is 10.5 Å². The molecule has 4 nitrogen and oxygen atoms in total. The Balaban J connectivity index is 2.73. The van der Waals surface area contributed by atoms with Gasteiger partial charge in [0.1, 0.15) is 10.7 Å². The summed E-state index contributed by atoms with van der Waals surface area (Å²) in [6.07, 6.45) is 0. The van der Waals surface area contributed by atoms with E-state index in [0.717, 1.165) is 17.0 Å². The third-order valence-electron chi connectivity index (χ3n) is 3.14. The third kappa shape index (κ3) is 2.44. The standard InChI is InChI=1S/C15H16N2O2S/c1-3-17-12(9-8-11(14(16)20)15(17)18)10-6-4-5-7-13(10)19-2/h4-9H,3H2,1-2H3,(H2,16,20). The molecule has 0 fully saturated rings. The fourth-order valence-electron chi connectivity index (χ4n) is 2.17. The molecule has 0 saturated heterocycles. The smallest absolute Gasteiger partial charge is 0.261 e. The Morgan fingerprint density at radius 1 is 1.30 bits per heavy atom. The molecule has 2 N–H and O–H groups in total. The summed E-state index contributed by atoms with van der Waals surface area (Å²) < 4.78 is 7.00. The van der Waals surface area contributed by atoms with Crippen LogP contribution in [0.4, 0.5) is 0 Å². The minimum atomic E-state index is -0.177. The van der Waals surface area contributed by atoms with Crippen LogP contribution >= 0.6 is 12.2 Å². The van der Waals surface area contributed by atoms with Crippen molar-refractivity contribution in [1.82, 2.24) is 4.57 Å². The molecule has 0 saturated carbocycles. The van der Waals surface area contributed by atoms with Crippen LogP contribution in [0.15, 0.2) is 41.2 Å². The summed E-state index contributed by atoms with van der Waals surface area (Å²) in [4.78, 5) is 12.5. The Morgan fingerprint density at radius 3 is 2.60 bits per heavy atom. The van der Waals surface area contributed by atoms with Crippen molar-refractivity contribution < 1.29 is 4.74 Å². The molecule has 104 valence electrons. The van der Waals surface area contributed by atoms with Crippen LogP contribution in [0.1, 0.15) is 12.5 Å². The lowest BCUT2D eigenvalue weighted by Gasteiger charge is -2.15. The molecule has 1 aromatic carbocycles. The van der Waals surface area contributed by atoms with Gasteiger partial charge in [0.05, 0.1) is 18.4 Å². The SMILES string of the molecule is CCn1c(-c2ccccc2OC)ccc(C(N)=S)c1=O. The van der Waals surface area contributed by atoms with Gasteiger partial charge in [-0.25, -0.2) is 0 Å². The molecule has 0 aliphatic rings. The zero-order chi connectivity index (χ0) is 14.7. The number of nitrogens with two attached hydrogens (primary N) is 1. The van der Waals surface area contributed by atoms with Gasteiger partial charge >= 0.3 is 0 Å². The first-order valence-corrected chi connectivity index (χ1v) is 6.68. The van der Waals surface area contributed by atoms with Crippen LogP contribution in [0, 0.1) is 0 Å². The lowest BCUT2D eigenvalue weighted by molar-refractivity contribution is 0.416. The second-order valence-electron chi connectivity index (χ2n) is 4.25. The van der Waals surface area contributed by atoms with Gasteiger partial charge in [0.25, 0.3) is 5.56 Å². The van der Waals surface area contributed by atoms with Crippen LogP contribution in [0.5, 0.6) is 5.75 Å². The van der Waals surface area contributed by atoms with Gasteiger partial charge in [-0.05, 0) is 31.2 Å². The van der Waals surface area contributed by atoms with Crippen LogP contribution in [0.3, 0.4) is 0 Å². The first kappa shape index (κ1) is 14.3. The van der Waals surface area contributed by atoms with Crippen LogP contribution in [-0.4, -0.2) is 16.7 Å². The Kier molecular flexibility index (Phi) is 4.20. The normalized spacial score (nSPS) is 10.3. The van der Waals surface area contributed by atoms with Crippen molar-refractivity contribution in [2.24, 2.45) is 5.73 Å². The largest absolute Gasteiger partial charge is 0.496 e. The number of hydrogen-bond acceptors (Lipinski definition) is 3. The maximum absolute atomic E-state index is 12.4. The third-order valence-corrected chi connectivity index (χ3v) is 3.36. The molecule has 0 atom stereocenters. The van der Waals surface area contributed by atoms with Crippen molar-refractivity contribution in [1.29, 1.82) is 0 Å². The molecule has 0 radical (unpaired) electrons. The molecule has 1 heterocycles. The average Bonchev–Trinajstić information content (AvgIpc) is 2.46. The minimum absolute atomic E-state index is 0.115. The van der Waals surface area contributed by atoms with Gasteiger partial charge in [0.2, 0.25) is 0 Å². The van der Waals surface area contributed by atoms with Gasteiger partial charge in [-0.15, -0.1) is 0 Å². The molecular weight excluding hydrogens is 272 g/mol. The van der Waals surface area contributed by atoms with E-state index in [2.05, 4.69) is 0 Å². The summed E-state index contributed by atoms with van der Waals surface area (Å²) >= 11 is 4.91. The van der Waals surface area contributed by atoms with E-state index in [1.165, 1.54) is 0 Å². The molecule has 20 heavy (non-hydrogen) atoms. The fraction of sp³-hybridized carbons (Fsp3) is 0.200. The molecular formula is C15H16N2O2S. The Morgan fingerprint density at radius 2 is 2.00 bits per heavy atom. The van der Waals surface area contributed by atoms with Crippen LogP contribution < -0.4 is 16.0 Å². The molecule has 0 amide bonds. The second kappa shape index (κ2) is 5.88. The van der Waals surface area contributed by atoms with E-state index < -0.39 is 0 Å². The van der Waals surface area contributed by atoms with Crippen molar-refractivity contribution in [3.63, 3.8) is 0 Å². The molecule has 0 unspecified atom stereocenters. The van der Waals surface area contributed by atoms with E-state index in [1.54, 1.807) is 17.7 Å². The summed E-state index contributed by atoms with van der Waals surface area (Å²) in [5.74, 6) is 0.720. The highest BCUT2D eigenvalue weighted by molar-refractivity contribution is 7.80. The topological polar surface area (TPSA) is 57.2 Å². The highest BCUT2D eigenvalue weighted by Gasteiger charge is 2.13. The number of rotatable bonds is 4. The zero-order valence-electron chi connectivity index (χ0n) is 11.4. The van der Waals surface area contributed by atoms with Gasteiger partial charge in [-0.2, -0.15) is 0 Å². The van der Waals surface area contributed by atoms with Crippen LogP contribution in [0.25, 0.3) is 11.3 Å².